The summed E-state index contributed by atoms with van der Waals surface area (Å²) in [6.07, 6.45) is 2.07. The zero-order valence-corrected chi connectivity index (χ0v) is 12.9. The summed E-state index contributed by atoms with van der Waals surface area (Å²) in [4.78, 5) is 28.9. The Kier molecular flexibility index (Phi) is 4.68. The summed E-state index contributed by atoms with van der Waals surface area (Å²) >= 11 is 0. The SMILES string of the molecule is CC1CCN(C(=O)C(C)(C)C(=O)N2CCOCC2)CC1. The molecular weight excluding hydrogens is 256 g/mol. The van der Waals surface area contributed by atoms with E-state index in [0.29, 0.717) is 32.2 Å². The van der Waals surface area contributed by atoms with Crippen LogP contribution >= 0.6 is 0 Å². The van der Waals surface area contributed by atoms with Crippen LogP contribution in [0, 0.1) is 11.3 Å². The highest BCUT2D eigenvalue weighted by Gasteiger charge is 2.42. The first-order valence-electron chi connectivity index (χ1n) is 7.59. The van der Waals surface area contributed by atoms with Crippen molar-refractivity contribution in [3.63, 3.8) is 0 Å². The van der Waals surface area contributed by atoms with Gasteiger partial charge in [0.1, 0.15) is 5.41 Å². The van der Waals surface area contributed by atoms with E-state index in [0.717, 1.165) is 25.9 Å². The second-order valence-corrected chi connectivity index (χ2v) is 6.50. The molecule has 0 aliphatic carbocycles. The van der Waals surface area contributed by atoms with Gasteiger partial charge in [0.25, 0.3) is 0 Å². The standard InChI is InChI=1S/C15H26N2O3/c1-12-4-6-16(7-5-12)13(18)15(2,3)14(19)17-8-10-20-11-9-17/h12H,4-11H2,1-3H3. The predicted octanol–water partition coefficient (Wildman–Crippen LogP) is 1.13. The molecule has 0 aromatic heterocycles. The minimum absolute atomic E-state index is 0.0270. The van der Waals surface area contributed by atoms with Crippen molar-refractivity contribution in [2.75, 3.05) is 39.4 Å². The van der Waals surface area contributed by atoms with Gasteiger partial charge in [0.15, 0.2) is 0 Å². The molecular formula is C15H26N2O3. The molecule has 0 saturated carbocycles. The van der Waals surface area contributed by atoms with Gasteiger partial charge in [-0.05, 0) is 32.6 Å². The van der Waals surface area contributed by atoms with Crippen LogP contribution in [0.5, 0.6) is 0 Å². The lowest BCUT2D eigenvalue weighted by Crippen LogP contribution is -2.54. The fourth-order valence-corrected chi connectivity index (χ4v) is 2.86. The third-order valence-corrected chi connectivity index (χ3v) is 4.44. The van der Waals surface area contributed by atoms with E-state index in [1.54, 1.807) is 18.7 Å². The Bertz CT molecular complexity index is 367. The number of nitrogens with zero attached hydrogens (tertiary/aromatic N) is 2. The van der Waals surface area contributed by atoms with Crippen LogP contribution in [0.2, 0.25) is 0 Å². The quantitative estimate of drug-likeness (QED) is 0.713. The molecule has 114 valence electrons. The lowest BCUT2D eigenvalue weighted by molar-refractivity contribution is -0.157. The zero-order chi connectivity index (χ0) is 14.8. The van der Waals surface area contributed by atoms with Gasteiger partial charge in [-0.15, -0.1) is 0 Å². The number of morpholine rings is 1. The summed E-state index contributed by atoms with van der Waals surface area (Å²) < 4.78 is 5.26. The van der Waals surface area contributed by atoms with E-state index in [1.807, 2.05) is 4.90 Å². The minimum Gasteiger partial charge on any atom is -0.378 e. The smallest absolute Gasteiger partial charge is 0.237 e. The highest BCUT2D eigenvalue weighted by molar-refractivity contribution is 6.04. The fourth-order valence-electron chi connectivity index (χ4n) is 2.86. The average Bonchev–Trinajstić information content (AvgIpc) is 2.47. The maximum absolute atomic E-state index is 12.7. The van der Waals surface area contributed by atoms with E-state index < -0.39 is 5.41 Å². The number of amides is 2. The lowest BCUT2D eigenvalue weighted by Gasteiger charge is -2.38. The fraction of sp³-hybridized carbons (Fsp3) is 0.867. The van der Waals surface area contributed by atoms with Gasteiger partial charge in [-0.1, -0.05) is 6.92 Å². The molecule has 0 radical (unpaired) electrons. The summed E-state index contributed by atoms with van der Waals surface area (Å²) in [5.74, 6) is 0.586. The van der Waals surface area contributed by atoms with Crippen LogP contribution in [0.1, 0.15) is 33.6 Å². The number of piperidine rings is 1. The van der Waals surface area contributed by atoms with Crippen molar-refractivity contribution in [2.24, 2.45) is 11.3 Å². The van der Waals surface area contributed by atoms with Crippen molar-refractivity contribution in [3.05, 3.63) is 0 Å². The maximum Gasteiger partial charge on any atom is 0.237 e. The molecule has 2 heterocycles. The molecule has 0 spiro atoms. The number of carbonyl (C=O) groups excluding carboxylic acids is 2. The highest BCUT2D eigenvalue weighted by Crippen LogP contribution is 2.26. The Labute approximate surface area is 121 Å². The Hall–Kier alpha value is -1.10. The van der Waals surface area contributed by atoms with Gasteiger partial charge in [-0.2, -0.15) is 0 Å². The first-order valence-corrected chi connectivity index (χ1v) is 7.59. The van der Waals surface area contributed by atoms with E-state index in [2.05, 4.69) is 6.92 Å². The van der Waals surface area contributed by atoms with Crippen molar-refractivity contribution < 1.29 is 14.3 Å². The molecule has 0 N–H and O–H groups in total. The van der Waals surface area contributed by atoms with Crippen molar-refractivity contribution in [1.29, 1.82) is 0 Å². The Morgan fingerprint density at radius 1 is 0.950 bits per heavy atom. The summed E-state index contributed by atoms with van der Waals surface area (Å²) in [6.45, 7) is 9.59. The van der Waals surface area contributed by atoms with Crippen LogP contribution in [0.15, 0.2) is 0 Å². The summed E-state index contributed by atoms with van der Waals surface area (Å²) in [5, 5.41) is 0. The van der Waals surface area contributed by atoms with E-state index in [1.165, 1.54) is 0 Å². The number of likely N-dealkylation sites (tertiary alicyclic amines) is 1. The van der Waals surface area contributed by atoms with Gasteiger partial charge in [-0.3, -0.25) is 9.59 Å². The van der Waals surface area contributed by atoms with Crippen molar-refractivity contribution >= 4 is 11.8 Å². The number of ether oxygens (including phenoxy) is 1. The largest absolute Gasteiger partial charge is 0.378 e. The van der Waals surface area contributed by atoms with E-state index >= 15 is 0 Å². The van der Waals surface area contributed by atoms with Gasteiger partial charge in [0, 0.05) is 26.2 Å². The third-order valence-electron chi connectivity index (χ3n) is 4.44. The molecule has 20 heavy (non-hydrogen) atoms. The van der Waals surface area contributed by atoms with E-state index in [4.69, 9.17) is 4.74 Å². The molecule has 5 heteroatoms. The molecule has 2 rings (SSSR count). The van der Waals surface area contributed by atoms with Crippen LogP contribution < -0.4 is 0 Å². The lowest BCUT2D eigenvalue weighted by atomic mass is 9.87. The van der Waals surface area contributed by atoms with Crippen LogP contribution in [-0.2, 0) is 14.3 Å². The summed E-state index contributed by atoms with van der Waals surface area (Å²) in [7, 11) is 0. The minimum atomic E-state index is -0.960. The monoisotopic (exact) mass is 282 g/mol. The van der Waals surface area contributed by atoms with Crippen LogP contribution in [0.4, 0.5) is 0 Å². The van der Waals surface area contributed by atoms with Gasteiger partial charge in [0.2, 0.25) is 11.8 Å². The first kappa shape index (κ1) is 15.3. The van der Waals surface area contributed by atoms with Crippen LogP contribution in [0.25, 0.3) is 0 Å². The molecule has 0 unspecified atom stereocenters. The Morgan fingerprint density at radius 3 is 1.90 bits per heavy atom. The second kappa shape index (κ2) is 6.12. The molecule has 2 amide bonds. The van der Waals surface area contributed by atoms with Crippen molar-refractivity contribution in [2.45, 2.75) is 33.6 Å². The molecule has 2 aliphatic rings. The first-order chi connectivity index (χ1) is 9.43. The molecule has 2 fully saturated rings. The van der Waals surface area contributed by atoms with Gasteiger partial charge >= 0.3 is 0 Å². The molecule has 0 aromatic rings. The average molecular weight is 282 g/mol. The summed E-state index contributed by atoms with van der Waals surface area (Å²) in [5.41, 5.74) is -0.960. The van der Waals surface area contributed by atoms with E-state index in [9.17, 15) is 9.59 Å². The second-order valence-electron chi connectivity index (χ2n) is 6.50. The predicted molar refractivity (Wildman–Crippen MR) is 76.2 cm³/mol. The van der Waals surface area contributed by atoms with Crippen LogP contribution in [-0.4, -0.2) is 61.0 Å². The number of rotatable bonds is 2. The number of carbonyl (C=O) groups is 2. The molecule has 0 atom stereocenters. The van der Waals surface area contributed by atoms with E-state index in [-0.39, 0.29) is 11.8 Å². The maximum atomic E-state index is 12.7. The molecule has 2 aliphatic heterocycles. The van der Waals surface area contributed by atoms with Gasteiger partial charge in [-0.25, -0.2) is 0 Å². The molecule has 2 saturated heterocycles. The third kappa shape index (κ3) is 3.14. The number of hydrogen-bond donors (Lipinski definition) is 0. The van der Waals surface area contributed by atoms with Crippen molar-refractivity contribution in [1.82, 2.24) is 9.80 Å². The Morgan fingerprint density at radius 2 is 1.40 bits per heavy atom. The van der Waals surface area contributed by atoms with Crippen molar-refractivity contribution in [3.8, 4) is 0 Å². The zero-order valence-electron chi connectivity index (χ0n) is 12.9. The molecule has 5 nitrogen and oxygen atoms in total. The number of hydrogen-bond acceptors (Lipinski definition) is 3. The Balaban J connectivity index is 2.00. The topological polar surface area (TPSA) is 49.9 Å². The summed E-state index contributed by atoms with van der Waals surface area (Å²) in [6, 6.07) is 0. The van der Waals surface area contributed by atoms with Gasteiger partial charge in [0.05, 0.1) is 13.2 Å². The molecule has 0 aromatic carbocycles. The molecule has 0 bridgehead atoms. The van der Waals surface area contributed by atoms with Gasteiger partial charge < -0.3 is 14.5 Å². The normalized spacial score (nSPS) is 21.9. The highest BCUT2D eigenvalue weighted by atomic mass is 16.5. The van der Waals surface area contributed by atoms with Crippen LogP contribution in [0.3, 0.4) is 0 Å².